The van der Waals surface area contributed by atoms with Crippen molar-refractivity contribution in [2.75, 3.05) is 26.3 Å². The molecule has 1 aliphatic carbocycles. The van der Waals surface area contributed by atoms with E-state index in [2.05, 4.69) is 10.1 Å². The molecule has 0 aliphatic heterocycles. The third-order valence-electron chi connectivity index (χ3n) is 3.15. The van der Waals surface area contributed by atoms with E-state index < -0.39 is 18.2 Å². The van der Waals surface area contributed by atoms with Crippen LogP contribution >= 0.6 is 0 Å². The van der Waals surface area contributed by atoms with Crippen LogP contribution in [0.2, 0.25) is 0 Å². The second kappa shape index (κ2) is 5.88. The number of halogens is 3. The minimum atomic E-state index is -4.33. The molecule has 106 valence electrons. The summed E-state index contributed by atoms with van der Waals surface area (Å²) in [7, 11) is 0. The first kappa shape index (κ1) is 15.2. The van der Waals surface area contributed by atoms with E-state index in [-0.39, 0.29) is 25.6 Å². The Hall–Kier alpha value is -0.820. The Morgan fingerprint density at radius 2 is 2.11 bits per heavy atom. The summed E-state index contributed by atoms with van der Waals surface area (Å²) in [5.74, 6) is 0.291. The van der Waals surface area contributed by atoms with Gasteiger partial charge in [0.15, 0.2) is 0 Å². The SMILES string of the molecule is CC1CC(CN)(C(=O)NCCOCC(F)(F)F)C1. The first-order chi connectivity index (χ1) is 8.29. The zero-order valence-corrected chi connectivity index (χ0v) is 10.3. The highest BCUT2D eigenvalue weighted by Gasteiger charge is 2.46. The predicted octanol–water partition coefficient (Wildman–Crippen LogP) is 1.06. The van der Waals surface area contributed by atoms with E-state index in [4.69, 9.17) is 5.73 Å². The fourth-order valence-electron chi connectivity index (χ4n) is 2.33. The average molecular weight is 268 g/mol. The first-order valence-electron chi connectivity index (χ1n) is 5.92. The van der Waals surface area contributed by atoms with Gasteiger partial charge >= 0.3 is 6.18 Å². The van der Waals surface area contributed by atoms with Crippen LogP contribution in [0.4, 0.5) is 13.2 Å². The Kier molecular flexibility index (Phi) is 4.98. The van der Waals surface area contributed by atoms with Gasteiger partial charge in [0.25, 0.3) is 0 Å². The maximum atomic E-state index is 11.8. The van der Waals surface area contributed by atoms with E-state index in [1.54, 1.807) is 0 Å². The molecule has 1 rings (SSSR count). The molecule has 7 heteroatoms. The zero-order valence-electron chi connectivity index (χ0n) is 10.3. The Balaban J connectivity index is 2.18. The van der Waals surface area contributed by atoms with Gasteiger partial charge in [-0.3, -0.25) is 4.79 Å². The van der Waals surface area contributed by atoms with Crippen LogP contribution in [0, 0.1) is 11.3 Å². The van der Waals surface area contributed by atoms with Crippen molar-refractivity contribution >= 4 is 5.91 Å². The molecule has 0 aromatic carbocycles. The molecule has 0 spiro atoms. The summed E-state index contributed by atoms with van der Waals surface area (Å²) >= 11 is 0. The van der Waals surface area contributed by atoms with Crippen LogP contribution in [0.1, 0.15) is 19.8 Å². The quantitative estimate of drug-likeness (QED) is 0.708. The van der Waals surface area contributed by atoms with E-state index >= 15 is 0 Å². The Morgan fingerprint density at radius 1 is 1.50 bits per heavy atom. The molecule has 1 saturated carbocycles. The lowest BCUT2D eigenvalue weighted by Gasteiger charge is -2.44. The molecule has 0 saturated heterocycles. The lowest BCUT2D eigenvalue weighted by molar-refractivity contribution is -0.173. The van der Waals surface area contributed by atoms with Crippen molar-refractivity contribution in [2.45, 2.75) is 25.9 Å². The van der Waals surface area contributed by atoms with Gasteiger partial charge < -0.3 is 15.8 Å². The van der Waals surface area contributed by atoms with Crippen molar-refractivity contribution in [1.29, 1.82) is 0 Å². The number of amides is 1. The first-order valence-corrected chi connectivity index (χ1v) is 5.92. The third-order valence-corrected chi connectivity index (χ3v) is 3.15. The maximum absolute atomic E-state index is 11.8. The van der Waals surface area contributed by atoms with Gasteiger partial charge in [-0.25, -0.2) is 0 Å². The topological polar surface area (TPSA) is 64.4 Å². The van der Waals surface area contributed by atoms with Crippen LogP contribution in [-0.2, 0) is 9.53 Å². The maximum Gasteiger partial charge on any atom is 0.411 e. The molecule has 0 aromatic rings. The Morgan fingerprint density at radius 3 is 2.56 bits per heavy atom. The average Bonchev–Trinajstić information content (AvgIpc) is 2.22. The molecule has 0 radical (unpaired) electrons. The van der Waals surface area contributed by atoms with Crippen LogP contribution in [0.3, 0.4) is 0 Å². The molecular formula is C11H19F3N2O2. The third kappa shape index (κ3) is 4.13. The van der Waals surface area contributed by atoms with E-state index in [0.29, 0.717) is 5.92 Å². The number of rotatable bonds is 6. The number of nitrogens with two attached hydrogens (primary N) is 1. The van der Waals surface area contributed by atoms with Gasteiger partial charge in [0.2, 0.25) is 5.91 Å². The summed E-state index contributed by atoms with van der Waals surface area (Å²) in [5.41, 5.74) is 5.05. The molecule has 1 aliphatic rings. The second-order valence-electron chi connectivity index (χ2n) is 4.92. The van der Waals surface area contributed by atoms with Crippen LogP contribution in [0.15, 0.2) is 0 Å². The molecule has 0 aromatic heterocycles. The molecule has 1 amide bonds. The van der Waals surface area contributed by atoms with Crippen LogP contribution < -0.4 is 11.1 Å². The molecular weight excluding hydrogens is 249 g/mol. The molecule has 1 fully saturated rings. The summed E-state index contributed by atoms with van der Waals surface area (Å²) < 4.78 is 39.7. The molecule has 18 heavy (non-hydrogen) atoms. The predicted molar refractivity (Wildman–Crippen MR) is 59.8 cm³/mol. The summed E-state index contributed by atoms with van der Waals surface area (Å²) in [5, 5.41) is 2.57. The van der Waals surface area contributed by atoms with Gasteiger partial charge in [-0.05, 0) is 18.8 Å². The van der Waals surface area contributed by atoms with E-state index in [1.165, 1.54) is 0 Å². The van der Waals surface area contributed by atoms with E-state index in [0.717, 1.165) is 12.8 Å². The highest BCUT2D eigenvalue weighted by Crippen LogP contribution is 2.44. The molecule has 0 heterocycles. The second-order valence-corrected chi connectivity index (χ2v) is 4.92. The van der Waals surface area contributed by atoms with Crippen molar-refractivity contribution in [3.63, 3.8) is 0 Å². The number of carbonyl (C=O) groups excluding carboxylic acids is 1. The fraction of sp³-hybridized carbons (Fsp3) is 0.909. The summed E-state index contributed by atoms with van der Waals surface area (Å²) in [6, 6.07) is 0. The molecule has 3 N–H and O–H groups in total. The molecule has 4 nitrogen and oxygen atoms in total. The Bertz CT molecular complexity index is 289. The summed E-state index contributed by atoms with van der Waals surface area (Å²) in [6.07, 6.45) is -2.86. The van der Waals surface area contributed by atoms with Gasteiger partial charge in [-0.1, -0.05) is 6.92 Å². The number of carbonyl (C=O) groups is 1. The molecule has 0 bridgehead atoms. The summed E-state index contributed by atoms with van der Waals surface area (Å²) in [4.78, 5) is 11.8. The fourth-order valence-corrected chi connectivity index (χ4v) is 2.33. The van der Waals surface area contributed by atoms with Gasteiger partial charge in [-0.15, -0.1) is 0 Å². The van der Waals surface area contributed by atoms with E-state index in [9.17, 15) is 18.0 Å². The lowest BCUT2D eigenvalue weighted by Crippen LogP contribution is -2.53. The monoisotopic (exact) mass is 268 g/mol. The minimum Gasteiger partial charge on any atom is -0.370 e. The standard InChI is InChI=1S/C11H19F3N2O2/c1-8-4-10(5-8,6-15)9(17)16-2-3-18-7-11(12,13)14/h8H,2-7,15H2,1H3,(H,16,17). The van der Waals surface area contributed by atoms with E-state index in [1.807, 2.05) is 6.92 Å². The normalized spacial score (nSPS) is 27.7. The summed E-state index contributed by atoms with van der Waals surface area (Å²) in [6.45, 7) is 0.939. The smallest absolute Gasteiger partial charge is 0.370 e. The number of hydrogen-bond acceptors (Lipinski definition) is 3. The van der Waals surface area contributed by atoms with Crippen LogP contribution in [0.5, 0.6) is 0 Å². The van der Waals surface area contributed by atoms with Crippen LogP contribution in [-0.4, -0.2) is 38.4 Å². The van der Waals surface area contributed by atoms with Crippen molar-refractivity contribution in [2.24, 2.45) is 17.1 Å². The number of ether oxygens (including phenoxy) is 1. The van der Waals surface area contributed by atoms with Gasteiger partial charge in [0, 0.05) is 13.1 Å². The number of hydrogen-bond donors (Lipinski definition) is 2. The zero-order chi connectivity index (χ0) is 13.8. The minimum absolute atomic E-state index is 0.0744. The van der Waals surface area contributed by atoms with Crippen molar-refractivity contribution in [1.82, 2.24) is 5.32 Å². The van der Waals surface area contributed by atoms with Gasteiger partial charge in [-0.2, -0.15) is 13.2 Å². The number of alkyl halides is 3. The molecule has 0 atom stereocenters. The van der Waals surface area contributed by atoms with Crippen molar-refractivity contribution < 1.29 is 22.7 Å². The molecule has 0 unspecified atom stereocenters. The number of nitrogens with one attached hydrogen (secondary N) is 1. The highest BCUT2D eigenvalue weighted by molar-refractivity contribution is 5.83. The largest absolute Gasteiger partial charge is 0.411 e. The van der Waals surface area contributed by atoms with Crippen molar-refractivity contribution in [3.8, 4) is 0 Å². The Labute approximate surface area is 104 Å². The van der Waals surface area contributed by atoms with Gasteiger partial charge in [0.1, 0.15) is 6.61 Å². The highest BCUT2D eigenvalue weighted by atomic mass is 19.4. The lowest BCUT2D eigenvalue weighted by atomic mass is 9.62. The van der Waals surface area contributed by atoms with Crippen molar-refractivity contribution in [3.05, 3.63) is 0 Å². The van der Waals surface area contributed by atoms with Crippen LogP contribution in [0.25, 0.3) is 0 Å². The van der Waals surface area contributed by atoms with Gasteiger partial charge in [0.05, 0.1) is 12.0 Å².